The maximum Gasteiger partial charge on any atom is 0.319 e. The average molecular weight is 297 g/mol. The van der Waals surface area contributed by atoms with E-state index in [1.54, 1.807) is 0 Å². The number of hydrogen-bond donors (Lipinski definition) is 1. The van der Waals surface area contributed by atoms with E-state index in [0.29, 0.717) is 11.6 Å². The smallest absolute Gasteiger partial charge is 0.313 e. The molecule has 2 rings (SSSR count). The molecule has 6 heteroatoms. The third-order valence-electron chi connectivity index (χ3n) is 3.12. The number of alkyl halides is 2. The lowest BCUT2D eigenvalue weighted by molar-refractivity contribution is 0.0678. The molecule has 0 fully saturated rings. The first-order chi connectivity index (χ1) is 9.61. The van der Waals surface area contributed by atoms with Crippen LogP contribution in [0, 0.1) is 0 Å². The fourth-order valence-corrected chi connectivity index (χ4v) is 2.74. The van der Waals surface area contributed by atoms with Crippen molar-refractivity contribution in [3.05, 3.63) is 48.0 Å². The van der Waals surface area contributed by atoms with Crippen molar-refractivity contribution in [3.8, 4) is 0 Å². The number of halogens is 2. The van der Waals surface area contributed by atoms with E-state index >= 15 is 0 Å². The molecule has 0 aliphatic heterocycles. The summed E-state index contributed by atoms with van der Waals surface area (Å²) < 4.78 is 26.3. The van der Waals surface area contributed by atoms with Gasteiger partial charge >= 0.3 is 6.55 Å². The summed E-state index contributed by atoms with van der Waals surface area (Å²) in [6.45, 7) is -0.462. The molecule has 0 bridgehead atoms. The highest BCUT2D eigenvalue weighted by molar-refractivity contribution is 7.98. The number of rotatable bonds is 6. The first kappa shape index (κ1) is 15.0. The largest absolute Gasteiger partial charge is 0.319 e. The van der Waals surface area contributed by atoms with Crippen LogP contribution in [0.4, 0.5) is 8.78 Å². The molecule has 20 heavy (non-hydrogen) atoms. The number of benzene rings is 1. The van der Waals surface area contributed by atoms with E-state index in [1.807, 2.05) is 25.2 Å². The molecule has 0 aliphatic carbocycles. The van der Waals surface area contributed by atoms with Crippen LogP contribution in [0.25, 0.3) is 0 Å². The Morgan fingerprint density at radius 2 is 2.20 bits per heavy atom. The molecule has 0 radical (unpaired) electrons. The number of nitrogens with zero attached hydrogens (tertiary/aromatic N) is 2. The van der Waals surface area contributed by atoms with Gasteiger partial charge in [-0.05, 0) is 31.7 Å². The van der Waals surface area contributed by atoms with Gasteiger partial charge < -0.3 is 5.32 Å². The molecule has 1 unspecified atom stereocenters. The van der Waals surface area contributed by atoms with Crippen LogP contribution < -0.4 is 5.32 Å². The molecule has 1 aromatic heterocycles. The number of thioether (sulfide) groups is 1. The van der Waals surface area contributed by atoms with Gasteiger partial charge in [-0.2, -0.15) is 8.78 Å². The quantitative estimate of drug-likeness (QED) is 0.821. The maximum absolute atomic E-state index is 12.7. The van der Waals surface area contributed by atoms with E-state index in [4.69, 9.17) is 0 Å². The fraction of sp³-hybridized carbons (Fsp3) is 0.357. The van der Waals surface area contributed by atoms with Gasteiger partial charge in [-0.1, -0.05) is 12.1 Å². The zero-order valence-electron chi connectivity index (χ0n) is 11.4. The van der Waals surface area contributed by atoms with Crippen LogP contribution in [-0.4, -0.2) is 16.6 Å². The van der Waals surface area contributed by atoms with Crippen LogP contribution >= 0.6 is 11.8 Å². The van der Waals surface area contributed by atoms with Gasteiger partial charge in [-0.15, -0.1) is 11.8 Å². The van der Waals surface area contributed by atoms with Crippen LogP contribution in [0.1, 0.15) is 30.9 Å². The van der Waals surface area contributed by atoms with Crippen molar-refractivity contribution in [1.29, 1.82) is 0 Å². The lowest BCUT2D eigenvalue weighted by atomic mass is 10.1. The minimum absolute atomic E-state index is 0.263. The van der Waals surface area contributed by atoms with Crippen LogP contribution in [0.2, 0.25) is 0 Å². The number of hydrogen-bond acceptors (Lipinski definition) is 3. The summed E-state index contributed by atoms with van der Waals surface area (Å²) in [6, 6.07) is 8.34. The van der Waals surface area contributed by atoms with Crippen molar-refractivity contribution in [1.82, 2.24) is 14.9 Å². The molecule has 1 atom stereocenters. The monoisotopic (exact) mass is 297 g/mol. The molecule has 0 amide bonds. The molecule has 0 aliphatic rings. The molecular weight excluding hydrogens is 280 g/mol. The van der Waals surface area contributed by atoms with Gasteiger partial charge in [0.05, 0.1) is 5.75 Å². The minimum atomic E-state index is -2.54. The molecule has 108 valence electrons. The normalized spacial score (nSPS) is 12.8. The van der Waals surface area contributed by atoms with Crippen molar-refractivity contribution in [2.45, 2.75) is 30.2 Å². The van der Waals surface area contributed by atoms with Crippen LogP contribution in [0.15, 0.2) is 41.6 Å². The zero-order valence-corrected chi connectivity index (χ0v) is 12.2. The Labute approximate surface area is 121 Å². The first-order valence-corrected chi connectivity index (χ1v) is 7.30. The van der Waals surface area contributed by atoms with Gasteiger partial charge in [-0.3, -0.25) is 4.57 Å². The Kier molecular flexibility index (Phi) is 5.14. The molecular formula is C14H17F2N3S. The van der Waals surface area contributed by atoms with Crippen LogP contribution in [0.5, 0.6) is 0 Å². The van der Waals surface area contributed by atoms with Gasteiger partial charge in [-0.25, -0.2) is 4.98 Å². The number of nitrogens with one attached hydrogen (secondary N) is 1. The highest BCUT2D eigenvalue weighted by Crippen LogP contribution is 2.26. The summed E-state index contributed by atoms with van der Waals surface area (Å²) in [5, 5.41) is 3.18. The van der Waals surface area contributed by atoms with E-state index < -0.39 is 6.55 Å². The van der Waals surface area contributed by atoms with E-state index in [2.05, 4.69) is 23.3 Å². The highest BCUT2D eigenvalue weighted by Gasteiger charge is 2.11. The van der Waals surface area contributed by atoms with Gasteiger partial charge in [0, 0.05) is 23.3 Å². The van der Waals surface area contributed by atoms with Gasteiger partial charge in [0.2, 0.25) is 0 Å². The van der Waals surface area contributed by atoms with Crippen molar-refractivity contribution in [2.24, 2.45) is 0 Å². The molecule has 0 saturated heterocycles. The minimum Gasteiger partial charge on any atom is -0.313 e. The standard InChI is InChI=1S/C14H17F2N3S/c1-10(17-2)11-4-3-5-12(8-11)20-9-13-18-6-7-19(13)14(15)16/h3-8,10,14,17H,9H2,1-2H3. The Balaban J connectivity index is 2.05. The Hall–Kier alpha value is -1.40. The van der Waals surface area contributed by atoms with Crippen molar-refractivity contribution in [3.63, 3.8) is 0 Å². The molecule has 0 saturated carbocycles. The molecule has 1 heterocycles. The summed E-state index contributed by atoms with van der Waals surface area (Å²) in [7, 11) is 1.91. The predicted octanol–water partition coefficient (Wildman–Crippen LogP) is 3.85. The summed E-state index contributed by atoms with van der Waals surface area (Å²) in [4.78, 5) is 5.03. The topological polar surface area (TPSA) is 29.9 Å². The summed E-state index contributed by atoms with van der Waals surface area (Å²) in [5.74, 6) is 0.811. The van der Waals surface area contributed by atoms with Crippen LogP contribution in [0.3, 0.4) is 0 Å². The lowest BCUT2D eigenvalue weighted by Crippen LogP contribution is -2.12. The molecule has 3 nitrogen and oxygen atoms in total. The zero-order chi connectivity index (χ0) is 14.5. The van der Waals surface area contributed by atoms with Gasteiger partial charge in [0.1, 0.15) is 5.82 Å². The Morgan fingerprint density at radius 3 is 2.90 bits per heavy atom. The molecule has 1 N–H and O–H groups in total. The second kappa shape index (κ2) is 6.85. The maximum atomic E-state index is 12.7. The SMILES string of the molecule is CNC(C)c1cccc(SCc2nccn2C(F)F)c1. The number of imidazole rings is 1. The summed E-state index contributed by atoms with van der Waals surface area (Å²) in [6.07, 6.45) is 2.71. The summed E-state index contributed by atoms with van der Waals surface area (Å²) in [5.41, 5.74) is 1.18. The van der Waals surface area contributed by atoms with Crippen molar-refractivity contribution >= 4 is 11.8 Å². The third-order valence-corrected chi connectivity index (χ3v) is 4.11. The molecule has 2 aromatic rings. The second-order valence-electron chi connectivity index (χ2n) is 4.40. The van der Waals surface area contributed by atoms with Crippen molar-refractivity contribution < 1.29 is 8.78 Å². The lowest BCUT2D eigenvalue weighted by Gasteiger charge is -2.12. The second-order valence-corrected chi connectivity index (χ2v) is 5.45. The van der Waals surface area contributed by atoms with E-state index in [1.165, 1.54) is 29.7 Å². The van der Waals surface area contributed by atoms with Crippen molar-refractivity contribution in [2.75, 3.05) is 7.05 Å². The Bertz CT molecular complexity index is 557. The molecule has 0 spiro atoms. The van der Waals surface area contributed by atoms with Gasteiger partial charge in [0.25, 0.3) is 0 Å². The van der Waals surface area contributed by atoms with E-state index in [9.17, 15) is 8.78 Å². The average Bonchev–Trinajstić information content (AvgIpc) is 2.93. The molecule has 1 aromatic carbocycles. The summed E-state index contributed by atoms with van der Waals surface area (Å²) >= 11 is 1.51. The Morgan fingerprint density at radius 1 is 1.40 bits per heavy atom. The first-order valence-electron chi connectivity index (χ1n) is 6.31. The highest BCUT2D eigenvalue weighted by atomic mass is 32.2. The van der Waals surface area contributed by atoms with Gasteiger partial charge in [0.15, 0.2) is 0 Å². The predicted molar refractivity (Wildman–Crippen MR) is 77.0 cm³/mol. The van der Waals surface area contributed by atoms with E-state index in [0.717, 1.165) is 9.46 Å². The number of aromatic nitrogens is 2. The fourth-order valence-electron chi connectivity index (χ4n) is 1.82. The van der Waals surface area contributed by atoms with Crippen LogP contribution in [-0.2, 0) is 5.75 Å². The van der Waals surface area contributed by atoms with E-state index in [-0.39, 0.29) is 6.04 Å². The third kappa shape index (κ3) is 3.58.